The van der Waals surface area contributed by atoms with E-state index in [-0.39, 0.29) is 11.5 Å². The molecule has 0 aliphatic heterocycles. The minimum absolute atomic E-state index is 0.0432. The van der Waals surface area contributed by atoms with Crippen LogP contribution in [0.15, 0.2) is 12.1 Å². The van der Waals surface area contributed by atoms with Crippen LogP contribution >= 0.6 is 0 Å². The molecule has 0 bridgehead atoms. The second-order valence-corrected chi connectivity index (χ2v) is 3.52. The van der Waals surface area contributed by atoms with E-state index in [0.29, 0.717) is 4.52 Å². The summed E-state index contributed by atoms with van der Waals surface area (Å²) in [7, 11) is 3.39. The Balaban J connectivity index is 2.51. The fraction of sp³-hybridized carbons (Fsp3) is 0.375. The molecule has 1 N–H and O–H groups in total. The Morgan fingerprint density at radius 2 is 1.94 bits per heavy atom. The lowest BCUT2D eigenvalue weighted by Crippen LogP contribution is -2.21. The van der Waals surface area contributed by atoms with Crippen molar-refractivity contribution < 1.29 is 13.2 Å². The molecule has 0 radical (unpaired) electrons. The van der Waals surface area contributed by atoms with Gasteiger partial charge in [0.05, 0.1) is 0 Å². The van der Waals surface area contributed by atoms with Crippen molar-refractivity contribution in [2.45, 2.75) is 6.18 Å². The zero-order chi connectivity index (χ0) is 12.6. The van der Waals surface area contributed by atoms with Crippen molar-refractivity contribution in [2.24, 2.45) is 0 Å². The van der Waals surface area contributed by atoms with Gasteiger partial charge in [0.25, 0.3) is 5.82 Å². The highest BCUT2D eigenvalue weighted by atomic mass is 19.4. The quantitative estimate of drug-likeness (QED) is 0.802. The first-order chi connectivity index (χ1) is 7.88. The molecule has 2 aromatic rings. The molecule has 0 spiro atoms. The summed E-state index contributed by atoms with van der Waals surface area (Å²) in [5, 5.41) is 11.8. The molecule has 0 aliphatic carbocycles. The highest BCUT2D eigenvalue weighted by Crippen LogP contribution is 2.27. The molecule has 17 heavy (non-hydrogen) atoms. The first-order valence-corrected chi connectivity index (χ1v) is 4.61. The molecule has 0 aromatic carbocycles. The molecule has 9 heteroatoms. The second kappa shape index (κ2) is 3.84. The molecule has 0 saturated carbocycles. The summed E-state index contributed by atoms with van der Waals surface area (Å²) in [4.78, 5) is 0. The van der Waals surface area contributed by atoms with Crippen LogP contribution in [0.4, 0.5) is 19.0 Å². The molecule has 0 aliphatic rings. The van der Waals surface area contributed by atoms with E-state index < -0.39 is 12.0 Å². The molecule has 0 amide bonds. The van der Waals surface area contributed by atoms with E-state index in [2.05, 4.69) is 20.7 Å². The highest BCUT2D eigenvalue weighted by Gasteiger charge is 2.37. The fourth-order valence-electron chi connectivity index (χ4n) is 1.25. The molecule has 6 nitrogen and oxygen atoms in total. The maximum absolute atomic E-state index is 12.6. The van der Waals surface area contributed by atoms with Gasteiger partial charge in [-0.05, 0) is 12.1 Å². The molecule has 0 saturated heterocycles. The van der Waals surface area contributed by atoms with Crippen LogP contribution in [-0.4, -0.2) is 38.9 Å². The molecule has 0 fully saturated rings. The number of halogens is 3. The number of rotatable bonds is 2. The maximum Gasteiger partial charge on any atom is 0.453 e. The van der Waals surface area contributed by atoms with Gasteiger partial charge in [-0.1, -0.05) is 0 Å². The van der Waals surface area contributed by atoms with Crippen molar-refractivity contribution in [2.75, 3.05) is 19.5 Å². The van der Waals surface area contributed by atoms with Gasteiger partial charge in [0.15, 0.2) is 11.5 Å². The number of hydrazine groups is 1. The summed E-state index contributed by atoms with van der Waals surface area (Å²) >= 11 is 0. The molecule has 2 rings (SSSR count). The van der Waals surface area contributed by atoms with Crippen LogP contribution in [0.2, 0.25) is 0 Å². The SMILES string of the molecule is CN(C)Nc1ccc2nnc(C(F)(F)F)n2n1. The van der Waals surface area contributed by atoms with Crippen LogP contribution in [0.1, 0.15) is 5.82 Å². The zero-order valence-electron chi connectivity index (χ0n) is 9.02. The largest absolute Gasteiger partial charge is 0.453 e. The van der Waals surface area contributed by atoms with Crippen LogP contribution in [0.25, 0.3) is 5.65 Å². The maximum atomic E-state index is 12.6. The number of hydrogen-bond donors (Lipinski definition) is 1. The Morgan fingerprint density at radius 1 is 1.24 bits per heavy atom. The van der Waals surface area contributed by atoms with Gasteiger partial charge < -0.3 is 5.43 Å². The standard InChI is InChI=1S/C8H9F3N6/c1-16(2)14-5-3-4-6-12-13-7(8(9,10)11)17(6)15-5/h3-4H,1-2H3,(H,14,15). The van der Waals surface area contributed by atoms with Gasteiger partial charge in [-0.3, -0.25) is 0 Å². The van der Waals surface area contributed by atoms with E-state index in [0.717, 1.165) is 0 Å². The highest BCUT2D eigenvalue weighted by molar-refractivity contribution is 5.43. The van der Waals surface area contributed by atoms with Crippen molar-refractivity contribution in [1.29, 1.82) is 0 Å². The Kier molecular flexibility index (Phi) is 2.62. The van der Waals surface area contributed by atoms with Gasteiger partial charge in [-0.25, -0.2) is 5.01 Å². The Labute approximate surface area is 94.0 Å². The number of nitrogens with one attached hydrogen (secondary N) is 1. The monoisotopic (exact) mass is 246 g/mol. The lowest BCUT2D eigenvalue weighted by molar-refractivity contribution is -0.146. The van der Waals surface area contributed by atoms with E-state index >= 15 is 0 Å². The molecule has 92 valence electrons. The summed E-state index contributed by atoms with van der Waals surface area (Å²) < 4.78 is 38.3. The number of alkyl halides is 3. The third-order valence-corrected chi connectivity index (χ3v) is 1.85. The molecule has 2 heterocycles. The number of hydrogen-bond acceptors (Lipinski definition) is 5. The van der Waals surface area contributed by atoms with Gasteiger partial charge in [0, 0.05) is 14.1 Å². The van der Waals surface area contributed by atoms with E-state index in [4.69, 9.17) is 0 Å². The van der Waals surface area contributed by atoms with E-state index in [1.54, 1.807) is 19.1 Å². The molecule has 0 unspecified atom stereocenters. The Hall–Kier alpha value is -1.90. The van der Waals surface area contributed by atoms with Gasteiger partial charge in [0.1, 0.15) is 0 Å². The van der Waals surface area contributed by atoms with E-state index in [9.17, 15) is 13.2 Å². The topological polar surface area (TPSA) is 58.3 Å². The van der Waals surface area contributed by atoms with Gasteiger partial charge >= 0.3 is 6.18 Å². The minimum Gasteiger partial charge on any atom is -0.302 e. The molecular weight excluding hydrogens is 237 g/mol. The van der Waals surface area contributed by atoms with Gasteiger partial charge in [-0.2, -0.15) is 17.7 Å². The predicted molar refractivity (Wildman–Crippen MR) is 53.1 cm³/mol. The van der Waals surface area contributed by atoms with Crippen LogP contribution in [0.5, 0.6) is 0 Å². The fourth-order valence-corrected chi connectivity index (χ4v) is 1.25. The van der Waals surface area contributed by atoms with Crippen molar-refractivity contribution >= 4 is 11.5 Å². The third kappa shape index (κ3) is 2.28. The van der Waals surface area contributed by atoms with Crippen molar-refractivity contribution in [1.82, 2.24) is 24.8 Å². The van der Waals surface area contributed by atoms with E-state index in [1.165, 1.54) is 12.1 Å². The lowest BCUT2D eigenvalue weighted by Gasteiger charge is -2.12. The molecule has 0 atom stereocenters. The number of nitrogens with zero attached hydrogens (tertiary/aromatic N) is 5. The number of fused-ring (bicyclic) bond motifs is 1. The predicted octanol–water partition coefficient (Wildman–Crippen LogP) is 1.03. The second-order valence-electron chi connectivity index (χ2n) is 3.52. The number of aromatic nitrogens is 4. The van der Waals surface area contributed by atoms with Crippen LogP contribution in [0.3, 0.4) is 0 Å². The average Bonchev–Trinajstić information content (AvgIpc) is 2.58. The summed E-state index contributed by atoms with van der Waals surface area (Å²) in [6.07, 6.45) is -4.58. The summed E-state index contributed by atoms with van der Waals surface area (Å²) in [5.74, 6) is -0.872. The third-order valence-electron chi connectivity index (χ3n) is 1.85. The van der Waals surface area contributed by atoms with Gasteiger partial charge in [-0.15, -0.1) is 15.3 Å². The normalized spacial score (nSPS) is 12.4. The summed E-state index contributed by atoms with van der Waals surface area (Å²) in [6, 6.07) is 2.92. The zero-order valence-corrected chi connectivity index (χ0v) is 9.02. The smallest absolute Gasteiger partial charge is 0.302 e. The average molecular weight is 246 g/mol. The molecule has 2 aromatic heterocycles. The Bertz CT molecular complexity index is 532. The number of anilines is 1. The first kappa shape index (κ1) is 11.6. The van der Waals surface area contributed by atoms with Crippen molar-refractivity contribution in [3.63, 3.8) is 0 Å². The first-order valence-electron chi connectivity index (χ1n) is 4.61. The Morgan fingerprint density at radius 3 is 2.53 bits per heavy atom. The van der Waals surface area contributed by atoms with Gasteiger partial charge in [0.2, 0.25) is 0 Å². The van der Waals surface area contributed by atoms with E-state index in [1.807, 2.05) is 0 Å². The van der Waals surface area contributed by atoms with Crippen LogP contribution in [-0.2, 0) is 6.18 Å². The lowest BCUT2D eigenvalue weighted by atomic mass is 10.5. The van der Waals surface area contributed by atoms with Crippen LogP contribution < -0.4 is 5.43 Å². The molecular formula is C8H9F3N6. The van der Waals surface area contributed by atoms with Crippen molar-refractivity contribution in [3.8, 4) is 0 Å². The van der Waals surface area contributed by atoms with Crippen LogP contribution in [0, 0.1) is 0 Å². The van der Waals surface area contributed by atoms with Crippen molar-refractivity contribution in [3.05, 3.63) is 18.0 Å². The minimum atomic E-state index is -4.58. The summed E-state index contributed by atoms with van der Waals surface area (Å²) in [6.45, 7) is 0. The summed E-state index contributed by atoms with van der Waals surface area (Å²) in [5.41, 5.74) is 2.79.